The molecule has 1 amide bonds. The molecule has 2 heterocycles. The van der Waals surface area contributed by atoms with Crippen molar-refractivity contribution in [2.45, 2.75) is 26.2 Å². The van der Waals surface area contributed by atoms with Crippen molar-refractivity contribution >= 4 is 28.8 Å². The van der Waals surface area contributed by atoms with Gasteiger partial charge in [-0.2, -0.15) is 0 Å². The van der Waals surface area contributed by atoms with Crippen LogP contribution in [0.2, 0.25) is 5.02 Å². The molecule has 1 aliphatic heterocycles. The zero-order chi connectivity index (χ0) is 13.7. The molecule has 1 aliphatic rings. The van der Waals surface area contributed by atoms with Crippen LogP contribution >= 0.6 is 22.9 Å². The van der Waals surface area contributed by atoms with Gasteiger partial charge in [0, 0.05) is 13.1 Å². The molecule has 1 aromatic rings. The highest BCUT2D eigenvalue weighted by Crippen LogP contribution is 2.25. The maximum Gasteiger partial charge on any atom is 0.265 e. The highest BCUT2D eigenvalue weighted by molar-refractivity contribution is 7.12. The van der Waals surface area contributed by atoms with Crippen LogP contribution in [0, 0.1) is 5.92 Å². The van der Waals surface area contributed by atoms with Gasteiger partial charge in [0.1, 0.15) is 4.88 Å². The summed E-state index contributed by atoms with van der Waals surface area (Å²) < 4.78 is 0. The lowest BCUT2D eigenvalue weighted by atomic mass is 9.97. The summed E-state index contributed by atoms with van der Waals surface area (Å²) in [7, 11) is 0. The van der Waals surface area contributed by atoms with Crippen molar-refractivity contribution in [3.8, 4) is 0 Å². The Morgan fingerprint density at radius 1 is 1.53 bits per heavy atom. The van der Waals surface area contributed by atoms with Gasteiger partial charge in [0.25, 0.3) is 5.91 Å². The fraction of sp³-hybridized carbons (Fsp3) is 0.643. The van der Waals surface area contributed by atoms with Crippen LogP contribution in [0.5, 0.6) is 0 Å². The fourth-order valence-corrected chi connectivity index (χ4v) is 3.61. The molecule has 19 heavy (non-hydrogen) atoms. The van der Waals surface area contributed by atoms with E-state index in [2.05, 4.69) is 12.2 Å². The molecule has 1 saturated heterocycles. The molecular weight excluding hydrogens is 280 g/mol. The smallest absolute Gasteiger partial charge is 0.265 e. The lowest BCUT2D eigenvalue weighted by Gasteiger charge is -2.29. The van der Waals surface area contributed by atoms with E-state index in [1.807, 2.05) is 10.3 Å². The van der Waals surface area contributed by atoms with Crippen molar-refractivity contribution in [1.29, 1.82) is 0 Å². The summed E-state index contributed by atoms with van der Waals surface area (Å²) in [5, 5.41) is 5.83. The fourth-order valence-electron chi connectivity index (χ4n) is 2.51. The lowest BCUT2D eigenvalue weighted by Crippen LogP contribution is -2.39. The second-order valence-electron chi connectivity index (χ2n) is 5.04. The highest BCUT2D eigenvalue weighted by atomic mass is 35.5. The lowest BCUT2D eigenvalue weighted by molar-refractivity contribution is 0.0721. The minimum Gasteiger partial charge on any atom is -0.338 e. The van der Waals surface area contributed by atoms with E-state index in [1.165, 1.54) is 11.3 Å². The average Bonchev–Trinajstić information content (AvgIpc) is 2.85. The Morgan fingerprint density at radius 2 is 2.26 bits per heavy atom. The number of nitrogens with one attached hydrogen (secondary N) is 1. The van der Waals surface area contributed by atoms with Crippen LogP contribution in [0.1, 0.15) is 35.9 Å². The van der Waals surface area contributed by atoms with E-state index in [4.69, 9.17) is 11.6 Å². The van der Waals surface area contributed by atoms with Crippen molar-refractivity contribution in [1.82, 2.24) is 10.2 Å². The van der Waals surface area contributed by atoms with Crippen LogP contribution in [-0.2, 0) is 0 Å². The molecular formula is C14H21ClN2OS. The molecule has 1 aromatic heterocycles. The molecule has 0 radical (unpaired) electrons. The second kappa shape index (κ2) is 7.27. The third-order valence-electron chi connectivity index (χ3n) is 3.53. The predicted molar refractivity (Wildman–Crippen MR) is 81.1 cm³/mol. The van der Waals surface area contributed by atoms with Gasteiger partial charge in [-0.05, 0) is 49.7 Å². The maximum absolute atomic E-state index is 12.5. The molecule has 1 fully saturated rings. The van der Waals surface area contributed by atoms with Gasteiger partial charge in [-0.25, -0.2) is 0 Å². The molecule has 0 saturated carbocycles. The third kappa shape index (κ3) is 3.94. The predicted octanol–water partition coefficient (Wildman–Crippen LogP) is 3.25. The summed E-state index contributed by atoms with van der Waals surface area (Å²) in [5.41, 5.74) is 0. The second-order valence-corrected chi connectivity index (χ2v) is 6.37. The van der Waals surface area contributed by atoms with Crippen molar-refractivity contribution in [3.05, 3.63) is 21.3 Å². The van der Waals surface area contributed by atoms with Gasteiger partial charge in [-0.3, -0.25) is 4.79 Å². The molecule has 1 N–H and O–H groups in total. The minimum atomic E-state index is 0.0976. The summed E-state index contributed by atoms with van der Waals surface area (Å²) in [5.74, 6) is 0.718. The first-order valence-electron chi connectivity index (χ1n) is 6.95. The zero-order valence-electron chi connectivity index (χ0n) is 11.3. The molecule has 2 rings (SSSR count). The number of nitrogens with zero attached hydrogens (tertiary/aromatic N) is 1. The van der Waals surface area contributed by atoms with Crippen molar-refractivity contribution in [2.75, 3.05) is 26.2 Å². The monoisotopic (exact) mass is 300 g/mol. The first-order valence-corrected chi connectivity index (χ1v) is 8.21. The van der Waals surface area contributed by atoms with Gasteiger partial charge in [-0.1, -0.05) is 18.5 Å². The SMILES string of the molecule is CCCN(CC1CCNCC1)C(=O)c1sccc1Cl. The molecule has 0 spiro atoms. The van der Waals surface area contributed by atoms with Crippen LogP contribution in [0.3, 0.4) is 0 Å². The number of hydrogen-bond acceptors (Lipinski definition) is 3. The number of carbonyl (C=O) groups is 1. The standard InChI is InChI=1S/C14H21ClN2OS/c1-2-8-17(10-11-3-6-16-7-4-11)14(18)13-12(15)5-9-19-13/h5,9,11,16H,2-4,6-8,10H2,1H3. The first kappa shape index (κ1) is 14.8. The Kier molecular flexibility index (Phi) is 5.67. The van der Waals surface area contributed by atoms with Crippen LogP contribution < -0.4 is 5.32 Å². The average molecular weight is 301 g/mol. The van der Waals surface area contributed by atoms with Crippen LogP contribution in [0.15, 0.2) is 11.4 Å². The summed E-state index contributed by atoms with van der Waals surface area (Å²) in [4.78, 5) is 15.2. The maximum atomic E-state index is 12.5. The van der Waals surface area contributed by atoms with E-state index in [0.29, 0.717) is 15.8 Å². The quantitative estimate of drug-likeness (QED) is 0.905. The molecule has 0 unspecified atom stereocenters. The van der Waals surface area contributed by atoms with E-state index in [9.17, 15) is 4.79 Å². The van der Waals surface area contributed by atoms with E-state index in [1.54, 1.807) is 6.07 Å². The minimum absolute atomic E-state index is 0.0976. The zero-order valence-corrected chi connectivity index (χ0v) is 12.9. The van der Waals surface area contributed by atoms with Gasteiger partial charge in [-0.15, -0.1) is 11.3 Å². The Bertz CT molecular complexity index is 415. The Hall–Kier alpha value is -0.580. The van der Waals surface area contributed by atoms with Gasteiger partial charge in [0.2, 0.25) is 0 Å². The number of thiophene rings is 1. The number of halogens is 1. The Labute approximate surface area is 123 Å². The van der Waals surface area contributed by atoms with E-state index in [-0.39, 0.29) is 5.91 Å². The van der Waals surface area contributed by atoms with Gasteiger partial charge in [0.15, 0.2) is 0 Å². The summed E-state index contributed by atoms with van der Waals surface area (Å²) in [6, 6.07) is 1.80. The number of rotatable bonds is 5. The topological polar surface area (TPSA) is 32.3 Å². The van der Waals surface area contributed by atoms with Crippen LogP contribution in [0.25, 0.3) is 0 Å². The Balaban J connectivity index is 2.02. The van der Waals surface area contributed by atoms with Crippen LogP contribution in [-0.4, -0.2) is 37.0 Å². The third-order valence-corrected chi connectivity index (χ3v) is 4.86. The van der Waals surface area contributed by atoms with Crippen LogP contribution in [0.4, 0.5) is 0 Å². The first-order chi connectivity index (χ1) is 9.22. The summed E-state index contributed by atoms with van der Waals surface area (Å²) in [6.07, 6.45) is 3.30. The van der Waals surface area contributed by atoms with Gasteiger partial charge in [0.05, 0.1) is 5.02 Å². The Morgan fingerprint density at radius 3 is 2.84 bits per heavy atom. The van der Waals surface area contributed by atoms with Gasteiger partial charge < -0.3 is 10.2 Å². The molecule has 0 bridgehead atoms. The molecule has 0 aliphatic carbocycles. The van der Waals surface area contributed by atoms with Crippen molar-refractivity contribution in [3.63, 3.8) is 0 Å². The summed E-state index contributed by atoms with van der Waals surface area (Å²) >= 11 is 7.51. The largest absolute Gasteiger partial charge is 0.338 e. The molecule has 0 atom stereocenters. The number of carbonyl (C=O) groups excluding carboxylic acids is 1. The molecule has 0 aromatic carbocycles. The normalized spacial score (nSPS) is 16.5. The van der Waals surface area contributed by atoms with Crippen molar-refractivity contribution in [2.24, 2.45) is 5.92 Å². The van der Waals surface area contributed by atoms with Gasteiger partial charge >= 0.3 is 0 Å². The molecule has 3 nitrogen and oxygen atoms in total. The van der Waals surface area contributed by atoms with E-state index < -0.39 is 0 Å². The number of amides is 1. The highest BCUT2D eigenvalue weighted by Gasteiger charge is 2.23. The number of hydrogen-bond donors (Lipinski definition) is 1. The summed E-state index contributed by atoms with van der Waals surface area (Å²) in [6.45, 7) is 5.93. The number of piperidine rings is 1. The molecule has 5 heteroatoms. The van der Waals surface area contributed by atoms with E-state index >= 15 is 0 Å². The van der Waals surface area contributed by atoms with E-state index in [0.717, 1.165) is 45.4 Å². The van der Waals surface area contributed by atoms with Crippen molar-refractivity contribution < 1.29 is 4.79 Å². The molecule has 106 valence electrons.